The number of benzene rings is 2. The van der Waals surface area contributed by atoms with Gasteiger partial charge in [0.05, 0.1) is 18.4 Å². The third kappa shape index (κ3) is 3.77. The molecule has 2 aromatic carbocycles. The van der Waals surface area contributed by atoms with Gasteiger partial charge in [-0.3, -0.25) is 4.79 Å². The van der Waals surface area contributed by atoms with Crippen molar-refractivity contribution in [1.82, 2.24) is 5.32 Å². The summed E-state index contributed by atoms with van der Waals surface area (Å²) in [7, 11) is 1.58. The second kappa shape index (κ2) is 7.98. The van der Waals surface area contributed by atoms with Gasteiger partial charge in [0, 0.05) is 12.1 Å². The Balaban J connectivity index is 0.00000210. The second-order valence-corrected chi connectivity index (χ2v) is 6.31. The lowest BCUT2D eigenvalue weighted by atomic mass is 9.99. The number of anilines is 1. The Bertz CT molecular complexity index is 914. The molecule has 0 fully saturated rings. The van der Waals surface area contributed by atoms with Crippen molar-refractivity contribution in [1.29, 1.82) is 0 Å². The van der Waals surface area contributed by atoms with Crippen molar-refractivity contribution >= 4 is 30.1 Å². The molecule has 0 saturated heterocycles. The Hall–Kier alpha value is -2.57. The van der Waals surface area contributed by atoms with Crippen LogP contribution >= 0.6 is 12.4 Å². The van der Waals surface area contributed by atoms with Gasteiger partial charge in [-0.1, -0.05) is 6.07 Å². The van der Waals surface area contributed by atoms with Crippen LogP contribution < -0.4 is 20.1 Å². The summed E-state index contributed by atoms with van der Waals surface area (Å²) in [4.78, 5) is 12.6. The molecule has 0 aromatic heterocycles. The second-order valence-electron chi connectivity index (χ2n) is 6.31. The van der Waals surface area contributed by atoms with Crippen molar-refractivity contribution in [2.24, 2.45) is 0 Å². The fraction of sp³-hybridized carbons (Fsp3) is 0.250. The highest BCUT2D eigenvalue weighted by molar-refractivity contribution is 6.07. The standard InChI is InChI=1S/C20H19FN2O3.ClH/c1-25-15-3-5-18-13(9-15)8-14(11-26-18)20(24)23-17-4-2-12-10-22-7-6-16(12)19(17)21;/h2-5,8-9,22H,6-7,10-11H2,1H3,(H,23,24);1H. The third-order valence-electron chi connectivity index (χ3n) is 4.68. The molecule has 142 valence electrons. The maximum atomic E-state index is 14.7. The van der Waals surface area contributed by atoms with Crippen molar-refractivity contribution < 1.29 is 18.7 Å². The van der Waals surface area contributed by atoms with Crippen LogP contribution in [0.1, 0.15) is 16.7 Å². The Labute approximate surface area is 163 Å². The fourth-order valence-corrected chi connectivity index (χ4v) is 3.25. The molecule has 0 unspecified atom stereocenters. The molecule has 0 saturated carbocycles. The van der Waals surface area contributed by atoms with Gasteiger partial charge < -0.3 is 20.1 Å². The first-order valence-electron chi connectivity index (χ1n) is 8.49. The number of carbonyl (C=O) groups excluding carboxylic acids is 1. The summed E-state index contributed by atoms with van der Waals surface area (Å²) in [5.74, 6) is 0.650. The summed E-state index contributed by atoms with van der Waals surface area (Å²) in [6.45, 7) is 1.53. The lowest BCUT2D eigenvalue weighted by Gasteiger charge is -2.21. The van der Waals surface area contributed by atoms with Gasteiger partial charge in [0.2, 0.25) is 0 Å². The van der Waals surface area contributed by atoms with E-state index in [4.69, 9.17) is 9.47 Å². The molecule has 0 bridgehead atoms. The Morgan fingerprint density at radius 2 is 2.15 bits per heavy atom. The first-order chi connectivity index (χ1) is 12.7. The minimum Gasteiger partial charge on any atom is -0.497 e. The molecule has 7 heteroatoms. The minimum absolute atomic E-state index is 0. The average molecular weight is 391 g/mol. The zero-order valence-electron chi connectivity index (χ0n) is 14.8. The number of halogens is 2. The van der Waals surface area contributed by atoms with E-state index in [1.54, 1.807) is 37.5 Å². The van der Waals surface area contributed by atoms with Crippen molar-refractivity contribution in [3.8, 4) is 11.5 Å². The summed E-state index contributed by atoms with van der Waals surface area (Å²) < 4.78 is 25.5. The van der Waals surface area contributed by atoms with Gasteiger partial charge in [-0.15, -0.1) is 12.4 Å². The number of amides is 1. The van der Waals surface area contributed by atoms with Gasteiger partial charge >= 0.3 is 0 Å². The molecule has 4 rings (SSSR count). The molecule has 2 aromatic rings. The van der Waals surface area contributed by atoms with Crippen molar-refractivity contribution in [2.45, 2.75) is 13.0 Å². The van der Waals surface area contributed by atoms with Crippen LogP contribution in [0.15, 0.2) is 35.9 Å². The number of rotatable bonds is 3. The molecule has 2 aliphatic rings. The number of fused-ring (bicyclic) bond motifs is 2. The van der Waals surface area contributed by atoms with E-state index in [-0.39, 0.29) is 36.4 Å². The molecular formula is C20H20ClFN2O3. The number of ether oxygens (including phenoxy) is 2. The van der Waals surface area contributed by atoms with Crippen molar-refractivity contribution in [3.05, 3.63) is 58.4 Å². The largest absolute Gasteiger partial charge is 0.497 e. The van der Waals surface area contributed by atoms with Gasteiger partial charge in [0.15, 0.2) is 0 Å². The average Bonchev–Trinajstić information content (AvgIpc) is 2.69. The van der Waals surface area contributed by atoms with Gasteiger partial charge in [-0.05, 0) is 54.4 Å². The van der Waals surface area contributed by atoms with Crippen LogP contribution in [0.2, 0.25) is 0 Å². The van der Waals surface area contributed by atoms with Crippen LogP contribution in [0.25, 0.3) is 6.08 Å². The van der Waals surface area contributed by atoms with Crippen LogP contribution in [0.3, 0.4) is 0 Å². The molecule has 2 N–H and O–H groups in total. The van der Waals surface area contributed by atoms with Crippen molar-refractivity contribution in [3.63, 3.8) is 0 Å². The molecular weight excluding hydrogens is 371 g/mol. The minimum atomic E-state index is -0.369. The summed E-state index contributed by atoms with van der Waals surface area (Å²) in [6, 6.07) is 8.87. The maximum Gasteiger partial charge on any atom is 0.255 e. The van der Waals surface area contributed by atoms with E-state index >= 15 is 0 Å². The monoisotopic (exact) mass is 390 g/mol. The molecule has 2 heterocycles. The first-order valence-corrected chi connectivity index (χ1v) is 8.49. The third-order valence-corrected chi connectivity index (χ3v) is 4.68. The smallest absolute Gasteiger partial charge is 0.255 e. The van der Waals surface area contributed by atoms with Gasteiger partial charge in [-0.25, -0.2) is 4.39 Å². The van der Waals surface area contributed by atoms with Gasteiger partial charge in [0.1, 0.15) is 23.9 Å². The lowest BCUT2D eigenvalue weighted by Crippen LogP contribution is -2.26. The Morgan fingerprint density at radius 1 is 1.30 bits per heavy atom. The molecule has 5 nitrogen and oxygen atoms in total. The Morgan fingerprint density at radius 3 is 2.96 bits per heavy atom. The number of methoxy groups -OCH3 is 1. The molecule has 0 spiro atoms. The number of nitrogens with one attached hydrogen (secondary N) is 2. The zero-order chi connectivity index (χ0) is 18.1. The maximum absolute atomic E-state index is 14.7. The highest BCUT2D eigenvalue weighted by Gasteiger charge is 2.21. The van der Waals surface area contributed by atoms with Crippen molar-refractivity contribution in [2.75, 3.05) is 25.6 Å². The summed E-state index contributed by atoms with van der Waals surface area (Å²) in [5.41, 5.74) is 3.01. The molecule has 0 atom stereocenters. The molecule has 1 amide bonds. The number of hydrogen-bond donors (Lipinski definition) is 2. The van der Waals surface area contributed by atoms with E-state index in [1.807, 2.05) is 6.07 Å². The fourth-order valence-electron chi connectivity index (χ4n) is 3.25. The summed E-state index contributed by atoms with van der Waals surface area (Å²) in [6.07, 6.45) is 2.36. The van der Waals surface area contributed by atoms with Gasteiger partial charge in [0.25, 0.3) is 5.91 Å². The SMILES string of the molecule is COc1ccc2c(c1)C=C(C(=O)Nc1ccc3c(c1F)CCNC3)CO2.Cl. The van der Waals surface area contributed by atoms with Crippen LogP contribution in [-0.4, -0.2) is 26.2 Å². The van der Waals surface area contributed by atoms with E-state index in [9.17, 15) is 9.18 Å². The van der Waals surface area contributed by atoms with E-state index in [0.29, 0.717) is 35.6 Å². The summed E-state index contributed by atoms with van der Waals surface area (Å²) in [5, 5.41) is 5.88. The first kappa shape index (κ1) is 19.2. The predicted molar refractivity (Wildman–Crippen MR) is 104 cm³/mol. The van der Waals surface area contributed by atoms with E-state index in [1.165, 1.54) is 0 Å². The normalized spacial score (nSPS) is 14.7. The van der Waals surface area contributed by atoms with E-state index in [0.717, 1.165) is 17.7 Å². The predicted octanol–water partition coefficient (Wildman–Crippen LogP) is 3.32. The number of hydrogen-bond acceptors (Lipinski definition) is 4. The van der Waals surface area contributed by atoms with Crippen LogP contribution in [-0.2, 0) is 17.8 Å². The lowest BCUT2D eigenvalue weighted by molar-refractivity contribution is -0.113. The quantitative estimate of drug-likeness (QED) is 0.844. The van der Waals surface area contributed by atoms with E-state index < -0.39 is 0 Å². The van der Waals surface area contributed by atoms with Crippen LogP contribution in [0.4, 0.5) is 10.1 Å². The molecule has 2 aliphatic heterocycles. The molecule has 0 aliphatic carbocycles. The van der Waals surface area contributed by atoms with Gasteiger partial charge in [-0.2, -0.15) is 0 Å². The number of carbonyl (C=O) groups is 1. The van der Waals surface area contributed by atoms with E-state index in [2.05, 4.69) is 10.6 Å². The Kier molecular flexibility index (Phi) is 5.68. The molecule has 0 radical (unpaired) electrons. The highest BCUT2D eigenvalue weighted by atomic mass is 35.5. The highest BCUT2D eigenvalue weighted by Crippen LogP contribution is 2.31. The topological polar surface area (TPSA) is 59.6 Å². The van der Waals surface area contributed by atoms with Crippen LogP contribution in [0, 0.1) is 5.82 Å². The van der Waals surface area contributed by atoms with Crippen LogP contribution in [0.5, 0.6) is 11.5 Å². The summed E-state index contributed by atoms with van der Waals surface area (Å²) >= 11 is 0. The zero-order valence-corrected chi connectivity index (χ0v) is 15.6. The molecule has 27 heavy (non-hydrogen) atoms.